The Kier molecular flexibility index (Phi) is 5.83. The van der Waals surface area contributed by atoms with Gasteiger partial charge < -0.3 is 19.5 Å². The number of rotatable bonds is 5. The van der Waals surface area contributed by atoms with E-state index in [9.17, 15) is 4.79 Å². The average Bonchev–Trinajstić information content (AvgIpc) is 3.01. The van der Waals surface area contributed by atoms with Gasteiger partial charge in [0.2, 0.25) is 5.79 Å². The zero-order valence-electron chi connectivity index (χ0n) is 18.8. The summed E-state index contributed by atoms with van der Waals surface area (Å²) in [7, 11) is 0. The van der Waals surface area contributed by atoms with E-state index in [2.05, 4.69) is 34.4 Å². The van der Waals surface area contributed by atoms with Crippen molar-refractivity contribution in [3.63, 3.8) is 0 Å². The Morgan fingerprint density at radius 1 is 1.25 bits per heavy atom. The van der Waals surface area contributed by atoms with Gasteiger partial charge in [-0.1, -0.05) is 13.8 Å². The van der Waals surface area contributed by atoms with Crippen LogP contribution in [0.5, 0.6) is 0 Å². The number of ether oxygens (including phenoxy) is 3. The number of aromatic nitrogens is 2. The highest BCUT2D eigenvalue weighted by Gasteiger charge is 2.69. The van der Waals surface area contributed by atoms with Gasteiger partial charge in [0.05, 0.1) is 6.61 Å². The molecule has 10 nitrogen and oxygen atoms in total. The monoisotopic (exact) mass is 448 g/mol. The zero-order chi connectivity index (χ0) is 22.3. The lowest BCUT2D eigenvalue weighted by Gasteiger charge is -2.60. The normalized spacial score (nSPS) is 42.6. The van der Waals surface area contributed by atoms with Gasteiger partial charge in [-0.25, -0.2) is 24.5 Å². The van der Waals surface area contributed by atoms with Gasteiger partial charge in [-0.15, -0.1) is 0 Å². The Bertz CT molecular complexity index is 830. The van der Waals surface area contributed by atoms with Crippen LogP contribution in [0.4, 0.5) is 10.6 Å². The first-order chi connectivity index (χ1) is 15.4. The van der Waals surface area contributed by atoms with E-state index in [1.807, 2.05) is 6.92 Å². The first-order valence-corrected chi connectivity index (χ1v) is 11.5. The molecule has 10 heteroatoms. The highest BCUT2D eigenvalue weighted by molar-refractivity contribution is 5.87. The van der Waals surface area contributed by atoms with Crippen LogP contribution in [0.3, 0.4) is 0 Å². The Hall–Kier alpha value is -1.85. The summed E-state index contributed by atoms with van der Waals surface area (Å²) in [5.41, 5.74) is -0.595. The highest BCUT2D eigenvalue weighted by Crippen LogP contribution is 2.60. The van der Waals surface area contributed by atoms with Crippen molar-refractivity contribution in [2.45, 2.75) is 70.4 Å². The van der Waals surface area contributed by atoms with Crippen LogP contribution in [0.2, 0.25) is 0 Å². The van der Waals surface area contributed by atoms with Crippen molar-refractivity contribution in [2.75, 3.05) is 18.5 Å². The predicted molar refractivity (Wildman–Crippen MR) is 112 cm³/mol. The molecule has 1 saturated carbocycles. The third kappa shape index (κ3) is 3.77. The minimum Gasteiger partial charge on any atom is -0.350 e. The van der Waals surface area contributed by atoms with E-state index in [4.69, 9.17) is 24.0 Å². The molecule has 1 aromatic heterocycles. The van der Waals surface area contributed by atoms with E-state index < -0.39 is 24.0 Å². The van der Waals surface area contributed by atoms with E-state index in [1.165, 1.54) is 6.33 Å². The van der Waals surface area contributed by atoms with Gasteiger partial charge in [0.15, 0.2) is 18.2 Å². The Labute approximate surface area is 187 Å². The summed E-state index contributed by atoms with van der Waals surface area (Å²) in [5, 5.41) is 5.42. The molecule has 8 atom stereocenters. The molecule has 2 bridgehead atoms. The molecule has 32 heavy (non-hydrogen) atoms. The van der Waals surface area contributed by atoms with Crippen LogP contribution >= 0.6 is 0 Å². The number of urea groups is 1. The average molecular weight is 449 g/mol. The summed E-state index contributed by atoms with van der Waals surface area (Å²) in [6, 6.07) is 1.27. The summed E-state index contributed by atoms with van der Waals surface area (Å²) >= 11 is 0. The number of amides is 2. The molecule has 4 saturated heterocycles. The summed E-state index contributed by atoms with van der Waals surface area (Å²) < 4.78 is 18.8. The second kappa shape index (κ2) is 8.49. The van der Waals surface area contributed by atoms with Crippen molar-refractivity contribution in [1.29, 1.82) is 0 Å². The molecule has 0 radical (unpaired) electrons. The van der Waals surface area contributed by atoms with Crippen LogP contribution in [0, 0.1) is 23.7 Å². The molecule has 176 valence electrons. The molecule has 2 N–H and O–H groups in total. The van der Waals surface area contributed by atoms with Crippen molar-refractivity contribution in [1.82, 2.24) is 15.3 Å². The van der Waals surface area contributed by atoms with Crippen molar-refractivity contribution < 1.29 is 28.8 Å². The third-order valence-corrected chi connectivity index (χ3v) is 7.59. The summed E-state index contributed by atoms with van der Waals surface area (Å²) in [4.78, 5) is 31.8. The van der Waals surface area contributed by atoms with Gasteiger partial charge in [0.25, 0.3) is 0 Å². The van der Waals surface area contributed by atoms with Gasteiger partial charge in [0.1, 0.15) is 12.1 Å². The molecule has 0 unspecified atom stereocenters. The lowest BCUT2D eigenvalue weighted by molar-refractivity contribution is -0.577. The summed E-state index contributed by atoms with van der Waals surface area (Å²) in [6.07, 6.45) is 5.90. The Morgan fingerprint density at radius 3 is 2.94 bits per heavy atom. The van der Waals surface area contributed by atoms with Gasteiger partial charge >= 0.3 is 6.03 Å². The van der Waals surface area contributed by atoms with Crippen LogP contribution in [0.1, 0.15) is 46.5 Å². The van der Waals surface area contributed by atoms with Crippen LogP contribution < -0.4 is 10.6 Å². The molecule has 0 aromatic carbocycles. The molecule has 5 heterocycles. The number of nitrogens with zero attached hydrogens (tertiary/aromatic N) is 2. The number of hydrogen-bond acceptors (Lipinski definition) is 8. The predicted octanol–water partition coefficient (Wildman–Crippen LogP) is 2.82. The van der Waals surface area contributed by atoms with E-state index in [0.29, 0.717) is 30.8 Å². The second-order valence-electron chi connectivity index (χ2n) is 9.62. The van der Waals surface area contributed by atoms with Crippen LogP contribution in [0.15, 0.2) is 18.6 Å². The Morgan fingerprint density at radius 2 is 2.12 bits per heavy atom. The van der Waals surface area contributed by atoms with E-state index in [0.717, 1.165) is 25.7 Å². The molecular weight excluding hydrogens is 416 g/mol. The van der Waals surface area contributed by atoms with Crippen LogP contribution in [-0.4, -0.2) is 53.1 Å². The molecule has 6 rings (SSSR count). The smallest absolute Gasteiger partial charge is 0.320 e. The third-order valence-electron chi connectivity index (χ3n) is 7.59. The molecule has 5 aliphatic rings. The van der Waals surface area contributed by atoms with Crippen molar-refractivity contribution in [3.05, 3.63) is 18.6 Å². The molecule has 4 aliphatic heterocycles. The molecule has 1 aliphatic carbocycles. The molecule has 2 amide bonds. The van der Waals surface area contributed by atoms with Gasteiger partial charge in [0, 0.05) is 31.0 Å². The number of hydrogen-bond donors (Lipinski definition) is 2. The maximum atomic E-state index is 12.0. The molecule has 5 fully saturated rings. The van der Waals surface area contributed by atoms with E-state index in [-0.39, 0.29) is 17.9 Å². The minimum absolute atomic E-state index is 0.103. The number of carbonyl (C=O) groups is 1. The first kappa shape index (κ1) is 22.0. The zero-order valence-corrected chi connectivity index (χ0v) is 18.8. The van der Waals surface area contributed by atoms with Crippen molar-refractivity contribution in [3.8, 4) is 0 Å². The highest BCUT2D eigenvalue weighted by atomic mass is 17.3. The lowest BCUT2D eigenvalue weighted by Crippen LogP contribution is -2.70. The van der Waals surface area contributed by atoms with E-state index >= 15 is 0 Å². The minimum atomic E-state index is -0.802. The van der Waals surface area contributed by atoms with Gasteiger partial charge in [-0.2, -0.15) is 0 Å². The molecular formula is C22H32N4O6. The topological polar surface area (TPSA) is 113 Å². The maximum absolute atomic E-state index is 12.0. The second-order valence-corrected chi connectivity index (χ2v) is 9.62. The largest absolute Gasteiger partial charge is 0.350 e. The lowest BCUT2D eigenvalue weighted by atomic mass is 9.58. The molecule has 1 aromatic rings. The van der Waals surface area contributed by atoms with Crippen molar-refractivity contribution in [2.24, 2.45) is 23.7 Å². The molecule has 1 spiro atoms. The fourth-order valence-electron chi connectivity index (χ4n) is 5.93. The number of nitrogens with one attached hydrogen (secondary N) is 2. The first-order valence-electron chi connectivity index (χ1n) is 11.5. The number of fused-ring (bicyclic) bond motifs is 2. The van der Waals surface area contributed by atoms with E-state index in [1.54, 1.807) is 12.3 Å². The fraction of sp³-hybridized carbons (Fsp3) is 0.773. The summed E-state index contributed by atoms with van der Waals surface area (Å²) in [5.74, 6) is 0.794. The van der Waals surface area contributed by atoms with Crippen molar-refractivity contribution >= 4 is 11.8 Å². The van der Waals surface area contributed by atoms with Gasteiger partial charge in [-0.3, -0.25) is 5.32 Å². The number of anilines is 1. The van der Waals surface area contributed by atoms with Crippen LogP contribution in [0.25, 0.3) is 0 Å². The SMILES string of the molecule is C[C@H]1[C@H](OCCNC(=O)Nc2ccncn2)O[C@@H]2O[C@]3(C)CC[C@H]4[C@H](C)CC[C@@H]1[C@@]24OO3. The summed E-state index contributed by atoms with van der Waals surface area (Å²) in [6.45, 7) is 7.00. The van der Waals surface area contributed by atoms with Crippen LogP contribution in [-0.2, 0) is 24.0 Å². The maximum Gasteiger partial charge on any atom is 0.320 e. The quantitative estimate of drug-likeness (QED) is 0.522. The standard InChI is InChI=1S/C22H32N4O6/c1-13-4-5-16-14(2)18(28-11-10-24-20(27)26-17-7-9-23-12-25-17)29-19-22(16)15(13)6-8-21(3,30-19)31-32-22/h7,9,12-16,18-19H,4-6,8,10-11H2,1-3H3,(H2,23,24,25,26,27)/t13-,14-,15+,16+,18-,19-,21+,22-/m1/s1. The Balaban J connectivity index is 1.20. The van der Waals surface area contributed by atoms with Gasteiger partial charge in [-0.05, 0) is 44.1 Å². The number of carbonyl (C=O) groups excluding carboxylic acids is 1. The fourth-order valence-corrected chi connectivity index (χ4v) is 5.93.